The van der Waals surface area contributed by atoms with Gasteiger partial charge in [-0.1, -0.05) is 65.1 Å². The van der Waals surface area contributed by atoms with Crippen LogP contribution in [0.25, 0.3) is 0 Å². The van der Waals surface area contributed by atoms with Crippen LogP contribution < -0.4 is 10.6 Å². The fourth-order valence-corrected chi connectivity index (χ4v) is 6.19. The molecule has 0 radical (unpaired) electrons. The molecule has 1 aromatic carbocycles. The zero-order valence-electron chi connectivity index (χ0n) is 20.8. The Bertz CT molecular complexity index is 1110. The van der Waals surface area contributed by atoms with Gasteiger partial charge in [-0.15, -0.1) is 0 Å². The van der Waals surface area contributed by atoms with Crippen molar-refractivity contribution >= 4 is 69.5 Å². The van der Waals surface area contributed by atoms with Gasteiger partial charge in [-0.3, -0.25) is 13.8 Å². The minimum absolute atomic E-state index is 0.440. The van der Waals surface area contributed by atoms with Gasteiger partial charge < -0.3 is 25.0 Å². The average Bonchev–Trinajstić information content (AvgIpc) is 2.96. The number of esters is 1. The Morgan fingerprint density at radius 3 is 2.27 bits per heavy atom. The molecule has 3 amide bonds. The van der Waals surface area contributed by atoms with Gasteiger partial charge in [0, 0.05) is 0 Å². The van der Waals surface area contributed by atoms with E-state index in [1.54, 1.807) is 65.0 Å². The first-order valence-corrected chi connectivity index (χ1v) is 13.6. The molecule has 2 aliphatic rings. The lowest BCUT2D eigenvalue weighted by atomic mass is 9.95. The molecule has 37 heavy (non-hydrogen) atoms. The maximum absolute atomic E-state index is 13.3. The van der Waals surface area contributed by atoms with Crippen molar-refractivity contribution in [1.29, 1.82) is 0 Å². The van der Waals surface area contributed by atoms with Gasteiger partial charge in [-0.25, -0.2) is 9.59 Å². The Hall–Kier alpha value is -2.08. The number of benzene rings is 1. The molecular weight excluding hydrogens is 569 g/mol. The van der Waals surface area contributed by atoms with Crippen molar-refractivity contribution in [1.82, 2.24) is 15.5 Å². The molecule has 2 N–H and O–H groups in total. The third kappa shape index (κ3) is 6.50. The first-order chi connectivity index (χ1) is 16.9. The molecule has 1 aromatic rings. The van der Waals surface area contributed by atoms with Gasteiger partial charge in [-0.05, 0) is 40.2 Å². The first-order valence-electron chi connectivity index (χ1n) is 11.2. The molecule has 2 heterocycles. The van der Waals surface area contributed by atoms with Crippen molar-refractivity contribution in [3.8, 4) is 0 Å². The molecule has 5 atom stereocenters. The highest BCUT2D eigenvalue weighted by molar-refractivity contribution is 7.87. The van der Waals surface area contributed by atoms with Crippen molar-refractivity contribution in [2.45, 2.75) is 72.3 Å². The van der Waals surface area contributed by atoms with E-state index in [2.05, 4.69) is 10.6 Å². The van der Waals surface area contributed by atoms with Gasteiger partial charge in [-0.2, -0.15) is 0 Å². The van der Waals surface area contributed by atoms with E-state index in [9.17, 15) is 23.4 Å². The molecule has 2 fully saturated rings. The average molecular weight is 597 g/mol. The van der Waals surface area contributed by atoms with Crippen molar-refractivity contribution in [2.75, 3.05) is 6.61 Å². The molecule has 0 aromatic heterocycles. The van der Waals surface area contributed by atoms with Gasteiger partial charge in [0.25, 0.3) is 0 Å². The summed E-state index contributed by atoms with van der Waals surface area (Å²) < 4.78 is 20.6. The van der Waals surface area contributed by atoms with Crippen molar-refractivity contribution < 1.29 is 32.9 Å². The Balaban J connectivity index is 1.79. The van der Waals surface area contributed by atoms with E-state index in [4.69, 9.17) is 44.3 Å². The number of hydrogen-bond donors (Lipinski definition) is 2. The van der Waals surface area contributed by atoms with E-state index < -0.39 is 78.9 Å². The fourth-order valence-electron chi connectivity index (χ4n) is 4.11. The van der Waals surface area contributed by atoms with Crippen LogP contribution in [-0.4, -0.2) is 71.2 Å². The van der Waals surface area contributed by atoms with Gasteiger partial charge in [0.05, 0.1) is 15.5 Å². The summed E-state index contributed by atoms with van der Waals surface area (Å²) in [6, 6.07) is 4.76. The van der Waals surface area contributed by atoms with Gasteiger partial charge in [0.1, 0.15) is 35.7 Å². The lowest BCUT2D eigenvalue weighted by molar-refractivity contribution is -0.164. The maximum atomic E-state index is 13.3. The van der Waals surface area contributed by atoms with Crippen LogP contribution >= 0.6 is 34.8 Å². The van der Waals surface area contributed by atoms with E-state index in [0.717, 1.165) is 4.90 Å². The molecule has 2 saturated heterocycles. The number of amides is 3. The highest BCUT2D eigenvalue weighted by Crippen LogP contribution is 2.44. The van der Waals surface area contributed by atoms with E-state index in [0.29, 0.717) is 5.56 Å². The molecule has 0 aliphatic carbocycles. The Kier molecular flexibility index (Phi) is 8.44. The predicted molar refractivity (Wildman–Crippen MR) is 138 cm³/mol. The minimum atomic E-state index is -1.86. The number of alkyl halides is 3. The van der Waals surface area contributed by atoms with Crippen LogP contribution in [-0.2, 0) is 34.7 Å². The van der Waals surface area contributed by atoms with E-state index in [1.165, 1.54) is 0 Å². The molecule has 0 saturated carbocycles. The maximum Gasteiger partial charge on any atom is 0.408 e. The van der Waals surface area contributed by atoms with Crippen LogP contribution in [0.4, 0.5) is 4.79 Å². The van der Waals surface area contributed by atoms with Gasteiger partial charge in [0.2, 0.25) is 15.6 Å². The summed E-state index contributed by atoms with van der Waals surface area (Å²) in [7, 11) is -1.77. The van der Waals surface area contributed by atoms with Crippen LogP contribution in [0.3, 0.4) is 0 Å². The van der Waals surface area contributed by atoms with Crippen molar-refractivity contribution in [3.05, 3.63) is 35.9 Å². The smallest absolute Gasteiger partial charge is 0.408 e. The van der Waals surface area contributed by atoms with Crippen LogP contribution in [0.1, 0.15) is 46.2 Å². The zero-order valence-corrected chi connectivity index (χ0v) is 23.8. The Morgan fingerprint density at radius 2 is 1.73 bits per heavy atom. The van der Waals surface area contributed by atoms with Gasteiger partial charge in [0.15, 0.2) is 0 Å². The Morgan fingerprint density at radius 1 is 1.14 bits per heavy atom. The van der Waals surface area contributed by atoms with Crippen molar-refractivity contribution in [3.63, 3.8) is 0 Å². The fraction of sp³-hybridized carbons (Fsp3) is 0.565. The number of ether oxygens (including phenoxy) is 2. The molecular formula is C23H28Cl3N3O7S. The first kappa shape index (κ1) is 29.5. The highest BCUT2D eigenvalue weighted by atomic mass is 35.6. The number of nitrogens with zero attached hydrogens (tertiary/aromatic N) is 1. The predicted octanol–water partition coefficient (Wildman–Crippen LogP) is 2.73. The lowest BCUT2D eigenvalue weighted by Crippen LogP contribution is -2.72. The minimum Gasteiger partial charge on any atom is -0.460 e. The normalized spacial score (nSPS) is 25.4. The van der Waals surface area contributed by atoms with Crippen LogP contribution in [0.5, 0.6) is 0 Å². The molecule has 3 rings (SSSR count). The van der Waals surface area contributed by atoms with E-state index >= 15 is 0 Å². The second-order valence-corrected chi connectivity index (χ2v) is 14.8. The van der Waals surface area contributed by atoms with Crippen molar-refractivity contribution in [2.24, 2.45) is 0 Å². The molecule has 0 spiro atoms. The zero-order chi connectivity index (χ0) is 27.9. The van der Waals surface area contributed by atoms with E-state index in [1.807, 2.05) is 0 Å². The largest absolute Gasteiger partial charge is 0.460 e. The summed E-state index contributed by atoms with van der Waals surface area (Å²) in [4.78, 5) is 52.7. The van der Waals surface area contributed by atoms with Crippen LogP contribution in [0.15, 0.2) is 30.3 Å². The quantitative estimate of drug-likeness (QED) is 0.293. The Labute approximate surface area is 232 Å². The summed E-state index contributed by atoms with van der Waals surface area (Å²) >= 11 is 17.0. The van der Waals surface area contributed by atoms with E-state index in [-0.39, 0.29) is 0 Å². The SMILES string of the molecule is CC(C)(C)OC(=O)NC(C(=O)NC1C(=O)N2C(C(=O)OCC(Cl)(Cl)Cl)C(C)(C)S(=O)[C@H]12)c1ccccc1. The molecule has 10 nitrogen and oxygen atoms in total. The summed E-state index contributed by atoms with van der Waals surface area (Å²) in [6.07, 6.45) is -0.833. The number of rotatable bonds is 6. The third-order valence-electron chi connectivity index (χ3n) is 5.71. The number of carbonyl (C=O) groups is 4. The number of hydrogen-bond acceptors (Lipinski definition) is 7. The molecule has 14 heteroatoms. The number of halogens is 3. The summed E-state index contributed by atoms with van der Waals surface area (Å²) in [6.45, 7) is 7.57. The lowest BCUT2D eigenvalue weighted by Gasteiger charge is -2.43. The molecule has 0 bridgehead atoms. The summed E-state index contributed by atoms with van der Waals surface area (Å²) in [5.74, 6) is -2.22. The number of carbonyl (C=O) groups excluding carboxylic acids is 4. The standard InChI is InChI=1S/C23H28Cl3N3O7S/c1-21(2,3)36-20(33)28-13(12-9-7-6-8-10-12)16(30)27-14-17(31)29-15(19(32)35-11-23(24,25)26)22(4,5)37(34)18(14)29/h6-10,13-15,18H,11H2,1-5H3,(H,27,30)(H,28,33)/t13?,14?,15?,18-,37?/m1/s1. The highest BCUT2D eigenvalue weighted by Gasteiger charge is 2.68. The molecule has 4 unspecified atom stereocenters. The van der Waals surface area contributed by atoms with Gasteiger partial charge >= 0.3 is 12.1 Å². The topological polar surface area (TPSA) is 131 Å². The summed E-state index contributed by atoms with van der Waals surface area (Å²) in [5, 5.41) is 4.11. The van der Waals surface area contributed by atoms with Crippen LogP contribution in [0.2, 0.25) is 0 Å². The number of nitrogens with one attached hydrogen (secondary N) is 2. The second kappa shape index (κ2) is 10.6. The summed E-state index contributed by atoms with van der Waals surface area (Å²) in [5.41, 5.74) is -0.367. The second-order valence-electron chi connectivity index (χ2n) is 10.1. The van der Waals surface area contributed by atoms with Crippen LogP contribution in [0, 0.1) is 0 Å². The monoisotopic (exact) mass is 595 g/mol. The number of fused-ring (bicyclic) bond motifs is 1. The molecule has 204 valence electrons. The number of β-lactam (4-membered cyclic amide) rings is 1. The third-order valence-corrected chi connectivity index (χ3v) is 8.24. The number of alkyl carbamates (subject to hydrolysis) is 1. The molecule has 2 aliphatic heterocycles.